The van der Waals surface area contributed by atoms with Crippen molar-refractivity contribution in [1.82, 2.24) is 5.32 Å². The molecule has 2 atom stereocenters. The molecule has 19 heavy (non-hydrogen) atoms. The Balaban J connectivity index is 2.45. The van der Waals surface area contributed by atoms with Crippen LogP contribution in [0.4, 0.5) is 0 Å². The fourth-order valence-electron chi connectivity index (χ4n) is 2.80. The summed E-state index contributed by atoms with van der Waals surface area (Å²) in [5.74, 6) is -0.255. The van der Waals surface area contributed by atoms with Crippen molar-refractivity contribution >= 4 is 23.2 Å². The standard InChI is InChI=1S/C14H19NO3S/c1-4-18-13(17)12-14(9(2)3,8-11(16)15-12)10-6-5-7-19-10/h5-7,9,12H,4,8H2,1-3H3,(H,15,16). The van der Waals surface area contributed by atoms with Gasteiger partial charge in [0.15, 0.2) is 0 Å². The molecule has 0 radical (unpaired) electrons. The quantitative estimate of drug-likeness (QED) is 0.860. The lowest BCUT2D eigenvalue weighted by Gasteiger charge is -2.35. The highest BCUT2D eigenvalue weighted by Crippen LogP contribution is 2.44. The van der Waals surface area contributed by atoms with Gasteiger partial charge in [0.25, 0.3) is 0 Å². The Morgan fingerprint density at radius 2 is 2.37 bits per heavy atom. The predicted molar refractivity (Wildman–Crippen MR) is 74.0 cm³/mol. The van der Waals surface area contributed by atoms with Gasteiger partial charge in [-0.15, -0.1) is 11.3 Å². The predicted octanol–water partition coefficient (Wildman–Crippen LogP) is 2.09. The van der Waals surface area contributed by atoms with E-state index in [1.807, 2.05) is 31.4 Å². The molecule has 0 spiro atoms. The highest BCUT2D eigenvalue weighted by molar-refractivity contribution is 7.10. The first-order valence-electron chi connectivity index (χ1n) is 6.52. The van der Waals surface area contributed by atoms with Crippen LogP contribution in [-0.4, -0.2) is 24.5 Å². The topological polar surface area (TPSA) is 55.4 Å². The van der Waals surface area contributed by atoms with E-state index >= 15 is 0 Å². The van der Waals surface area contributed by atoms with E-state index in [2.05, 4.69) is 5.32 Å². The molecule has 0 bridgehead atoms. The molecule has 4 nitrogen and oxygen atoms in total. The Morgan fingerprint density at radius 1 is 1.63 bits per heavy atom. The van der Waals surface area contributed by atoms with E-state index in [9.17, 15) is 9.59 Å². The summed E-state index contributed by atoms with van der Waals surface area (Å²) in [7, 11) is 0. The van der Waals surface area contributed by atoms with Crippen LogP contribution in [0, 0.1) is 5.92 Å². The number of ether oxygens (including phenoxy) is 1. The van der Waals surface area contributed by atoms with Crippen molar-refractivity contribution in [3.63, 3.8) is 0 Å². The first kappa shape index (κ1) is 14.1. The highest BCUT2D eigenvalue weighted by Gasteiger charge is 2.54. The number of thiophene rings is 1. The van der Waals surface area contributed by atoms with Crippen LogP contribution >= 0.6 is 11.3 Å². The third-order valence-corrected chi connectivity index (χ3v) is 4.87. The second-order valence-corrected chi connectivity index (χ2v) is 6.05. The van der Waals surface area contributed by atoms with Gasteiger partial charge in [-0.1, -0.05) is 19.9 Å². The summed E-state index contributed by atoms with van der Waals surface area (Å²) >= 11 is 1.59. The number of carbonyl (C=O) groups excluding carboxylic acids is 2. The Kier molecular flexibility index (Phi) is 3.94. The van der Waals surface area contributed by atoms with Crippen molar-refractivity contribution in [2.75, 3.05) is 6.61 Å². The van der Waals surface area contributed by atoms with Gasteiger partial charge in [-0.05, 0) is 24.3 Å². The number of hydrogen-bond acceptors (Lipinski definition) is 4. The minimum absolute atomic E-state index is 0.0832. The first-order chi connectivity index (χ1) is 9.02. The zero-order valence-electron chi connectivity index (χ0n) is 11.4. The number of amides is 1. The lowest BCUT2D eigenvalue weighted by atomic mass is 9.70. The number of nitrogens with one attached hydrogen (secondary N) is 1. The molecule has 1 amide bonds. The Labute approximate surface area is 117 Å². The van der Waals surface area contributed by atoms with E-state index in [4.69, 9.17) is 4.74 Å². The van der Waals surface area contributed by atoms with Crippen LogP contribution in [0.5, 0.6) is 0 Å². The number of carbonyl (C=O) groups is 2. The van der Waals surface area contributed by atoms with Gasteiger partial charge in [0.05, 0.1) is 6.61 Å². The van der Waals surface area contributed by atoms with Gasteiger partial charge in [0.1, 0.15) is 6.04 Å². The summed E-state index contributed by atoms with van der Waals surface area (Å²) in [6.45, 7) is 6.19. The zero-order valence-corrected chi connectivity index (χ0v) is 12.3. The molecule has 5 heteroatoms. The van der Waals surface area contributed by atoms with E-state index in [-0.39, 0.29) is 17.8 Å². The summed E-state index contributed by atoms with van der Waals surface area (Å²) in [5, 5.41) is 4.77. The average molecular weight is 281 g/mol. The molecule has 1 fully saturated rings. The minimum Gasteiger partial charge on any atom is -0.464 e. The second kappa shape index (κ2) is 5.33. The number of esters is 1. The SMILES string of the molecule is CCOC(=O)C1NC(=O)CC1(c1cccs1)C(C)C. The monoisotopic (exact) mass is 281 g/mol. The lowest BCUT2D eigenvalue weighted by Crippen LogP contribution is -2.49. The van der Waals surface area contributed by atoms with Crippen molar-refractivity contribution < 1.29 is 14.3 Å². The number of hydrogen-bond donors (Lipinski definition) is 1. The molecule has 0 aromatic carbocycles. The first-order valence-corrected chi connectivity index (χ1v) is 7.40. The van der Waals surface area contributed by atoms with Crippen molar-refractivity contribution in [3.05, 3.63) is 22.4 Å². The summed E-state index contributed by atoms with van der Waals surface area (Å²) in [4.78, 5) is 25.1. The third-order valence-electron chi connectivity index (χ3n) is 3.81. The molecule has 1 aromatic rings. The highest BCUT2D eigenvalue weighted by atomic mass is 32.1. The van der Waals surface area contributed by atoms with Gasteiger partial charge in [-0.3, -0.25) is 4.79 Å². The molecule has 1 saturated heterocycles. The Bertz CT molecular complexity index is 469. The summed E-state index contributed by atoms with van der Waals surface area (Å²) in [6.07, 6.45) is 0.342. The molecule has 1 N–H and O–H groups in total. The van der Waals surface area contributed by atoms with Crippen LogP contribution < -0.4 is 5.32 Å². The molecule has 2 unspecified atom stereocenters. The van der Waals surface area contributed by atoms with Crippen molar-refractivity contribution in [2.24, 2.45) is 5.92 Å². The fourth-order valence-corrected chi connectivity index (χ4v) is 3.90. The molecule has 0 aliphatic carbocycles. The average Bonchev–Trinajstić information content (AvgIpc) is 2.96. The molecule has 1 aliphatic heterocycles. The third kappa shape index (κ3) is 2.27. The summed E-state index contributed by atoms with van der Waals surface area (Å²) < 4.78 is 5.13. The smallest absolute Gasteiger partial charge is 0.329 e. The van der Waals surface area contributed by atoms with Gasteiger partial charge in [0, 0.05) is 16.7 Å². The molecular weight excluding hydrogens is 262 g/mol. The van der Waals surface area contributed by atoms with Gasteiger partial charge in [0.2, 0.25) is 5.91 Å². The van der Waals surface area contributed by atoms with Gasteiger partial charge in [-0.25, -0.2) is 4.79 Å². The Morgan fingerprint density at radius 3 is 2.89 bits per heavy atom. The summed E-state index contributed by atoms with van der Waals surface area (Å²) in [5.41, 5.74) is -0.489. The molecule has 104 valence electrons. The molecular formula is C14H19NO3S. The molecule has 2 heterocycles. The van der Waals surface area contributed by atoms with Gasteiger partial charge < -0.3 is 10.1 Å². The second-order valence-electron chi connectivity index (χ2n) is 5.10. The summed E-state index contributed by atoms with van der Waals surface area (Å²) in [6, 6.07) is 3.37. The van der Waals surface area contributed by atoms with Crippen molar-refractivity contribution in [3.8, 4) is 0 Å². The van der Waals surface area contributed by atoms with Crippen molar-refractivity contribution in [2.45, 2.75) is 38.6 Å². The number of rotatable bonds is 4. The fraction of sp³-hybridized carbons (Fsp3) is 0.571. The van der Waals surface area contributed by atoms with Crippen LogP contribution in [0.3, 0.4) is 0 Å². The maximum Gasteiger partial charge on any atom is 0.329 e. The van der Waals surface area contributed by atoms with Gasteiger partial charge >= 0.3 is 5.97 Å². The van der Waals surface area contributed by atoms with Crippen LogP contribution in [0.1, 0.15) is 32.1 Å². The van der Waals surface area contributed by atoms with E-state index < -0.39 is 11.5 Å². The van der Waals surface area contributed by atoms with Crippen molar-refractivity contribution in [1.29, 1.82) is 0 Å². The molecule has 0 saturated carbocycles. The minimum atomic E-state index is -0.585. The van der Waals surface area contributed by atoms with E-state index in [1.165, 1.54) is 0 Å². The Hall–Kier alpha value is -1.36. The molecule has 1 aromatic heterocycles. The van der Waals surface area contributed by atoms with Crippen LogP contribution in [0.25, 0.3) is 0 Å². The largest absolute Gasteiger partial charge is 0.464 e. The van der Waals surface area contributed by atoms with E-state index in [0.29, 0.717) is 13.0 Å². The van der Waals surface area contributed by atoms with Crippen LogP contribution in [0.2, 0.25) is 0 Å². The van der Waals surface area contributed by atoms with E-state index in [0.717, 1.165) is 4.88 Å². The maximum absolute atomic E-state index is 12.2. The van der Waals surface area contributed by atoms with Crippen LogP contribution in [-0.2, 0) is 19.7 Å². The van der Waals surface area contributed by atoms with Crippen LogP contribution in [0.15, 0.2) is 17.5 Å². The normalized spacial score (nSPS) is 26.5. The zero-order chi connectivity index (χ0) is 14.0. The van der Waals surface area contributed by atoms with E-state index in [1.54, 1.807) is 18.3 Å². The maximum atomic E-state index is 12.2. The molecule has 2 rings (SSSR count). The lowest BCUT2D eigenvalue weighted by molar-refractivity contribution is -0.147. The molecule has 1 aliphatic rings. The van der Waals surface area contributed by atoms with Gasteiger partial charge in [-0.2, -0.15) is 0 Å².